The van der Waals surface area contributed by atoms with Crippen molar-refractivity contribution in [1.29, 1.82) is 0 Å². The topological polar surface area (TPSA) is 9.23 Å². The molecule has 0 bridgehead atoms. The molecule has 0 spiro atoms. The molecule has 0 aliphatic carbocycles. The van der Waals surface area contributed by atoms with E-state index in [1.165, 1.54) is 0 Å². The highest BCUT2D eigenvalue weighted by atomic mass is 16.5. The van der Waals surface area contributed by atoms with Crippen LogP contribution in [0.2, 0.25) is 0 Å². The van der Waals surface area contributed by atoms with Gasteiger partial charge in [-0.05, 0) is 13.8 Å². The van der Waals surface area contributed by atoms with Crippen LogP contribution in [0.15, 0.2) is 0 Å². The number of hydrogen-bond donors (Lipinski definition) is 0. The highest BCUT2D eigenvalue weighted by Gasteiger charge is 1.64. The molecule has 0 fully saturated rings. The van der Waals surface area contributed by atoms with Crippen LogP contribution in [0.5, 0.6) is 0 Å². The van der Waals surface area contributed by atoms with E-state index in [4.69, 9.17) is 4.74 Å². The Morgan fingerprint density at radius 2 is 0.900 bits per heavy atom. The molecule has 0 aromatic rings. The van der Waals surface area contributed by atoms with Gasteiger partial charge in [0.2, 0.25) is 0 Å². The molecule has 0 saturated heterocycles. The lowest BCUT2D eigenvalue weighted by atomic mass is 10.8. The highest BCUT2D eigenvalue weighted by Crippen LogP contribution is 1.64. The summed E-state index contributed by atoms with van der Waals surface area (Å²) < 4.78 is 4.83. The van der Waals surface area contributed by atoms with Crippen LogP contribution in [0, 0.1) is 0 Å². The molecule has 0 aromatic carbocycles. The van der Waals surface area contributed by atoms with Gasteiger partial charge in [0, 0.05) is 13.2 Å². The van der Waals surface area contributed by atoms with Crippen molar-refractivity contribution in [3.8, 4) is 0 Å². The Labute approximate surface area is 69.8 Å². The van der Waals surface area contributed by atoms with Gasteiger partial charge in [-0.25, -0.2) is 0 Å². The first-order chi connectivity index (χ1) is 2.41. The predicted octanol–water partition coefficient (Wildman–Crippen LogP) is 4.22. The Morgan fingerprint density at radius 3 is 0.900 bits per heavy atom. The van der Waals surface area contributed by atoms with Gasteiger partial charge >= 0.3 is 0 Å². The van der Waals surface area contributed by atoms with Crippen LogP contribution in [-0.2, 0) is 4.74 Å². The van der Waals surface area contributed by atoms with Crippen LogP contribution < -0.4 is 0 Å². The summed E-state index contributed by atoms with van der Waals surface area (Å²) in [6.45, 7) is 5.67. The smallest absolute Gasteiger partial charge is 0.0437 e. The third-order valence-corrected chi connectivity index (χ3v) is 0.408. The van der Waals surface area contributed by atoms with E-state index in [1.54, 1.807) is 0 Å². The maximum atomic E-state index is 4.83. The standard InChI is InChI=1S/C4H10O.5CH4/c1-3-5-4-2;;;;;/h3-4H2,1-2H3;5*1H4. The molecule has 1 heteroatoms. The van der Waals surface area contributed by atoms with Gasteiger partial charge in [0.25, 0.3) is 0 Å². The van der Waals surface area contributed by atoms with Gasteiger partial charge in [0.05, 0.1) is 0 Å². The van der Waals surface area contributed by atoms with E-state index in [2.05, 4.69) is 0 Å². The molecule has 0 unspecified atom stereocenters. The fourth-order valence-corrected chi connectivity index (χ4v) is 0.204. The van der Waals surface area contributed by atoms with Crippen LogP contribution >= 0.6 is 0 Å². The SMILES string of the molecule is C.C.C.C.C.CCOCC. The molecule has 10 heavy (non-hydrogen) atoms. The van der Waals surface area contributed by atoms with Gasteiger partial charge in [-0.1, -0.05) is 37.1 Å². The van der Waals surface area contributed by atoms with Gasteiger partial charge in [0.1, 0.15) is 0 Å². The lowest BCUT2D eigenvalue weighted by Gasteiger charge is -1.86. The lowest BCUT2D eigenvalue weighted by molar-refractivity contribution is 0.162. The Kier molecular flexibility index (Phi) is 330. The molecule has 0 saturated carbocycles. The van der Waals surface area contributed by atoms with E-state index in [0.717, 1.165) is 13.2 Å². The molecular weight excluding hydrogens is 124 g/mol. The third-order valence-electron chi connectivity index (χ3n) is 0.408. The average molecular weight is 154 g/mol. The maximum absolute atomic E-state index is 4.83. The zero-order valence-corrected chi connectivity index (χ0v) is 3.82. The molecule has 0 aromatic heterocycles. The van der Waals surface area contributed by atoms with Gasteiger partial charge < -0.3 is 4.74 Å². The monoisotopic (exact) mass is 154 g/mol. The molecule has 0 amide bonds. The first-order valence-electron chi connectivity index (χ1n) is 1.99. The fourth-order valence-electron chi connectivity index (χ4n) is 0.204. The predicted molar refractivity (Wildman–Crippen MR) is 55.8 cm³/mol. The van der Waals surface area contributed by atoms with E-state index in [9.17, 15) is 0 Å². The summed E-state index contributed by atoms with van der Waals surface area (Å²) in [6, 6.07) is 0. The molecule has 0 N–H and O–H groups in total. The molecule has 1 nitrogen and oxygen atoms in total. The molecule has 0 atom stereocenters. The first-order valence-corrected chi connectivity index (χ1v) is 1.99. The fraction of sp³-hybridized carbons (Fsp3) is 1.00. The van der Waals surface area contributed by atoms with Crippen molar-refractivity contribution in [2.24, 2.45) is 0 Å². The Balaban J connectivity index is -0.00000000800. The van der Waals surface area contributed by atoms with Gasteiger partial charge in [-0.2, -0.15) is 0 Å². The van der Waals surface area contributed by atoms with Crippen molar-refractivity contribution in [1.82, 2.24) is 0 Å². The molecule has 0 radical (unpaired) electrons. The van der Waals surface area contributed by atoms with Crippen LogP contribution in [0.3, 0.4) is 0 Å². The van der Waals surface area contributed by atoms with Gasteiger partial charge in [-0.15, -0.1) is 0 Å². The zero-order valence-electron chi connectivity index (χ0n) is 3.82. The Morgan fingerprint density at radius 1 is 0.700 bits per heavy atom. The minimum absolute atomic E-state index is 0. The summed E-state index contributed by atoms with van der Waals surface area (Å²) in [6.07, 6.45) is 0. The van der Waals surface area contributed by atoms with Gasteiger partial charge in [-0.3, -0.25) is 0 Å². The third kappa shape index (κ3) is 100. The second kappa shape index (κ2) is 64.8. The molecule has 72 valence electrons. The van der Waals surface area contributed by atoms with E-state index in [0.29, 0.717) is 0 Å². The highest BCUT2D eigenvalue weighted by molar-refractivity contribution is 4.07. The summed E-state index contributed by atoms with van der Waals surface area (Å²) in [5.41, 5.74) is 0. The van der Waals surface area contributed by atoms with Crippen molar-refractivity contribution >= 4 is 0 Å². The second-order valence-electron chi connectivity index (χ2n) is 0.781. The Bertz CT molecular complexity index is 12.2. The van der Waals surface area contributed by atoms with Crippen molar-refractivity contribution in [2.75, 3.05) is 13.2 Å². The summed E-state index contributed by atoms with van der Waals surface area (Å²) in [7, 11) is 0. The first kappa shape index (κ1) is 51.0. The van der Waals surface area contributed by atoms with Gasteiger partial charge in [0.15, 0.2) is 0 Å². The summed E-state index contributed by atoms with van der Waals surface area (Å²) >= 11 is 0. The minimum Gasteiger partial charge on any atom is -0.382 e. The van der Waals surface area contributed by atoms with Crippen molar-refractivity contribution < 1.29 is 4.74 Å². The van der Waals surface area contributed by atoms with E-state index >= 15 is 0 Å². The largest absolute Gasteiger partial charge is 0.382 e. The van der Waals surface area contributed by atoms with E-state index in [1.807, 2.05) is 13.8 Å². The quantitative estimate of drug-likeness (QED) is 0.578. The second-order valence-corrected chi connectivity index (χ2v) is 0.781. The molecule has 0 aliphatic heterocycles. The van der Waals surface area contributed by atoms with Crippen LogP contribution in [0.25, 0.3) is 0 Å². The van der Waals surface area contributed by atoms with Crippen molar-refractivity contribution in [3.05, 3.63) is 0 Å². The maximum Gasteiger partial charge on any atom is 0.0437 e. The van der Waals surface area contributed by atoms with E-state index < -0.39 is 0 Å². The molecular formula is C9H30O. The summed E-state index contributed by atoms with van der Waals surface area (Å²) in [4.78, 5) is 0. The number of ether oxygens (including phenoxy) is 1. The van der Waals surface area contributed by atoms with Crippen LogP contribution in [0.4, 0.5) is 0 Å². The van der Waals surface area contributed by atoms with Crippen LogP contribution in [0.1, 0.15) is 51.0 Å². The lowest BCUT2D eigenvalue weighted by Crippen LogP contribution is -1.84. The molecule has 0 heterocycles. The van der Waals surface area contributed by atoms with Crippen molar-refractivity contribution in [3.63, 3.8) is 0 Å². The molecule has 0 aliphatic rings. The normalized spacial score (nSPS) is 4.20. The minimum atomic E-state index is 0. The number of hydrogen-bond acceptors (Lipinski definition) is 1. The Hall–Kier alpha value is -0.0400. The summed E-state index contributed by atoms with van der Waals surface area (Å²) in [5.74, 6) is 0. The number of rotatable bonds is 2. The zero-order chi connectivity index (χ0) is 4.12. The van der Waals surface area contributed by atoms with Crippen molar-refractivity contribution in [2.45, 2.75) is 51.0 Å². The van der Waals surface area contributed by atoms with E-state index in [-0.39, 0.29) is 37.1 Å². The molecule has 0 rings (SSSR count). The summed E-state index contributed by atoms with van der Waals surface area (Å²) in [5, 5.41) is 0. The average Bonchev–Trinajstić information content (AvgIpc) is 1.41. The van der Waals surface area contributed by atoms with Crippen LogP contribution in [-0.4, -0.2) is 13.2 Å².